The van der Waals surface area contributed by atoms with Crippen LogP contribution in [0, 0.1) is 19.7 Å². The number of ether oxygens (including phenoxy) is 1. The SMILES string of the molecule is COc1ccc(F)cc1CC(=O)NC(C(=O)O)c1cc(C)cc(C)c1. The third-order valence-electron chi connectivity index (χ3n) is 3.72. The molecule has 1 unspecified atom stereocenters. The Morgan fingerprint density at radius 3 is 2.36 bits per heavy atom. The average molecular weight is 345 g/mol. The van der Waals surface area contributed by atoms with Gasteiger partial charge in [-0.1, -0.05) is 29.3 Å². The van der Waals surface area contributed by atoms with Crippen molar-refractivity contribution in [1.82, 2.24) is 5.32 Å². The van der Waals surface area contributed by atoms with Crippen molar-refractivity contribution < 1.29 is 23.8 Å². The number of halogens is 1. The number of carbonyl (C=O) groups is 2. The zero-order chi connectivity index (χ0) is 18.6. The first kappa shape index (κ1) is 18.4. The van der Waals surface area contributed by atoms with E-state index in [4.69, 9.17) is 4.74 Å². The van der Waals surface area contributed by atoms with Gasteiger partial charge >= 0.3 is 5.97 Å². The van der Waals surface area contributed by atoms with Crippen LogP contribution >= 0.6 is 0 Å². The molecule has 0 saturated heterocycles. The normalized spacial score (nSPS) is 11.7. The van der Waals surface area contributed by atoms with Gasteiger partial charge in [0.2, 0.25) is 5.91 Å². The molecule has 1 amide bonds. The second-order valence-electron chi connectivity index (χ2n) is 5.89. The summed E-state index contributed by atoms with van der Waals surface area (Å²) in [6, 6.07) is 8.04. The number of rotatable bonds is 6. The summed E-state index contributed by atoms with van der Waals surface area (Å²) in [5.74, 6) is -1.82. The smallest absolute Gasteiger partial charge is 0.330 e. The van der Waals surface area contributed by atoms with Crippen molar-refractivity contribution in [2.45, 2.75) is 26.3 Å². The molecule has 2 aromatic carbocycles. The van der Waals surface area contributed by atoms with Crippen LogP contribution in [0.15, 0.2) is 36.4 Å². The molecule has 0 aliphatic carbocycles. The van der Waals surface area contributed by atoms with Crippen LogP contribution in [0.3, 0.4) is 0 Å². The van der Waals surface area contributed by atoms with Gasteiger partial charge in [-0.05, 0) is 37.6 Å². The molecule has 2 N–H and O–H groups in total. The highest BCUT2D eigenvalue weighted by molar-refractivity contribution is 5.86. The van der Waals surface area contributed by atoms with Crippen LogP contribution in [-0.4, -0.2) is 24.1 Å². The molecule has 25 heavy (non-hydrogen) atoms. The number of hydrogen-bond acceptors (Lipinski definition) is 3. The van der Waals surface area contributed by atoms with E-state index >= 15 is 0 Å². The predicted octanol–water partition coefficient (Wildman–Crippen LogP) is 2.94. The minimum Gasteiger partial charge on any atom is -0.496 e. The fourth-order valence-corrected chi connectivity index (χ4v) is 2.73. The Hall–Kier alpha value is -2.89. The molecule has 1 atom stereocenters. The average Bonchev–Trinajstić information content (AvgIpc) is 2.51. The monoisotopic (exact) mass is 345 g/mol. The number of benzene rings is 2. The van der Waals surface area contributed by atoms with Crippen LogP contribution < -0.4 is 10.1 Å². The lowest BCUT2D eigenvalue weighted by atomic mass is 10.0. The summed E-state index contributed by atoms with van der Waals surface area (Å²) < 4.78 is 18.5. The highest BCUT2D eigenvalue weighted by Crippen LogP contribution is 2.21. The third kappa shape index (κ3) is 4.79. The molecule has 0 bridgehead atoms. The Kier molecular flexibility index (Phi) is 5.75. The van der Waals surface area contributed by atoms with Gasteiger partial charge in [-0.15, -0.1) is 0 Å². The number of methoxy groups -OCH3 is 1. The van der Waals surface area contributed by atoms with Gasteiger partial charge in [0.1, 0.15) is 11.6 Å². The van der Waals surface area contributed by atoms with Gasteiger partial charge in [0, 0.05) is 5.56 Å². The number of amides is 1. The molecule has 0 radical (unpaired) electrons. The van der Waals surface area contributed by atoms with E-state index in [0.717, 1.165) is 11.1 Å². The molecule has 0 aliphatic heterocycles. The Balaban J connectivity index is 2.21. The van der Waals surface area contributed by atoms with Gasteiger partial charge in [-0.25, -0.2) is 9.18 Å². The van der Waals surface area contributed by atoms with Crippen LogP contribution in [0.5, 0.6) is 5.75 Å². The molecule has 0 aliphatic rings. The first-order chi connectivity index (χ1) is 11.8. The number of carbonyl (C=O) groups excluding carboxylic acids is 1. The van der Waals surface area contributed by atoms with E-state index in [-0.39, 0.29) is 6.42 Å². The lowest BCUT2D eigenvalue weighted by Crippen LogP contribution is -2.34. The van der Waals surface area contributed by atoms with Gasteiger partial charge in [-0.2, -0.15) is 0 Å². The van der Waals surface area contributed by atoms with E-state index in [1.165, 1.54) is 25.3 Å². The highest BCUT2D eigenvalue weighted by Gasteiger charge is 2.23. The first-order valence-corrected chi connectivity index (χ1v) is 7.73. The molecule has 0 spiro atoms. The first-order valence-electron chi connectivity index (χ1n) is 7.73. The summed E-state index contributed by atoms with van der Waals surface area (Å²) in [6.45, 7) is 3.71. The van der Waals surface area contributed by atoms with Crippen molar-refractivity contribution >= 4 is 11.9 Å². The van der Waals surface area contributed by atoms with Crippen molar-refractivity contribution in [2.75, 3.05) is 7.11 Å². The molecule has 2 aromatic rings. The van der Waals surface area contributed by atoms with Crippen LogP contribution in [0.25, 0.3) is 0 Å². The maximum Gasteiger partial charge on any atom is 0.330 e. The van der Waals surface area contributed by atoms with Gasteiger partial charge < -0.3 is 15.2 Å². The van der Waals surface area contributed by atoms with Crippen molar-refractivity contribution in [3.05, 3.63) is 64.5 Å². The van der Waals surface area contributed by atoms with Crippen LogP contribution in [0.2, 0.25) is 0 Å². The Morgan fingerprint density at radius 1 is 1.16 bits per heavy atom. The summed E-state index contributed by atoms with van der Waals surface area (Å²) in [5, 5.41) is 12.0. The van der Waals surface area contributed by atoms with E-state index in [2.05, 4.69) is 5.32 Å². The number of aliphatic carboxylic acids is 1. The number of carboxylic acid groups (broad SMARTS) is 1. The predicted molar refractivity (Wildman–Crippen MR) is 91.1 cm³/mol. The zero-order valence-corrected chi connectivity index (χ0v) is 14.3. The quantitative estimate of drug-likeness (QED) is 0.844. The van der Waals surface area contributed by atoms with E-state index in [1.807, 2.05) is 19.9 Å². The van der Waals surface area contributed by atoms with Crippen LogP contribution in [0.4, 0.5) is 4.39 Å². The third-order valence-corrected chi connectivity index (χ3v) is 3.72. The molecule has 0 fully saturated rings. The van der Waals surface area contributed by atoms with E-state index < -0.39 is 23.7 Å². The summed E-state index contributed by atoms with van der Waals surface area (Å²) >= 11 is 0. The molecule has 0 aromatic heterocycles. The number of carboxylic acids is 1. The minimum absolute atomic E-state index is 0.185. The lowest BCUT2D eigenvalue weighted by Gasteiger charge is -2.17. The highest BCUT2D eigenvalue weighted by atomic mass is 19.1. The topological polar surface area (TPSA) is 75.6 Å². The molecule has 5 nitrogen and oxygen atoms in total. The molecular formula is C19H20FNO4. The maximum atomic E-state index is 13.4. The lowest BCUT2D eigenvalue weighted by molar-refractivity contribution is -0.142. The fourth-order valence-electron chi connectivity index (χ4n) is 2.73. The molecule has 6 heteroatoms. The van der Waals surface area contributed by atoms with E-state index in [1.54, 1.807) is 12.1 Å². The van der Waals surface area contributed by atoms with Crippen molar-refractivity contribution in [1.29, 1.82) is 0 Å². The molecule has 2 rings (SSSR count). The van der Waals surface area contributed by atoms with Gasteiger partial charge in [-0.3, -0.25) is 4.79 Å². The maximum absolute atomic E-state index is 13.4. The van der Waals surface area contributed by atoms with Crippen molar-refractivity contribution in [2.24, 2.45) is 0 Å². The zero-order valence-electron chi connectivity index (χ0n) is 14.3. The van der Waals surface area contributed by atoms with Crippen molar-refractivity contribution in [3.63, 3.8) is 0 Å². The summed E-state index contributed by atoms with van der Waals surface area (Å²) in [5.41, 5.74) is 2.65. The minimum atomic E-state index is -1.18. The summed E-state index contributed by atoms with van der Waals surface area (Å²) in [7, 11) is 1.42. The largest absolute Gasteiger partial charge is 0.496 e. The number of nitrogens with one attached hydrogen (secondary N) is 1. The van der Waals surface area contributed by atoms with E-state index in [0.29, 0.717) is 16.9 Å². The van der Waals surface area contributed by atoms with E-state index in [9.17, 15) is 19.1 Å². The Bertz CT molecular complexity index is 784. The standard InChI is InChI=1S/C19H20FNO4/c1-11-6-12(2)8-14(7-11)18(19(23)24)21-17(22)10-13-9-15(20)4-5-16(13)25-3/h4-9,18H,10H2,1-3H3,(H,21,22)(H,23,24). The van der Waals surface area contributed by atoms with Gasteiger partial charge in [0.05, 0.1) is 13.5 Å². The molecular weight excluding hydrogens is 325 g/mol. The second kappa shape index (κ2) is 7.79. The van der Waals surface area contributed by atoms with Crippen LogP contribution in [-0.2, 0) is 16.0 Å². The molecule has 0 heterocycles. The van der Waals surface area contributed by atoms with Crippen molar-refractivity contribution in [3.8, 4) is 5.75 Å². The molecule has 0 saturated carbocycles. The molecule has 132 valence electrons. The van der Waals surface area contributed by atoms with Gasteiger partial charge in [0.25, 0.3) is 0 Å². The van der Waals surface area contributed by atoms with Gasteiger partial charge in [0.15, 0.2) is 6.04 Å². The van der Waals surface area contributed by atoms with Crippen LogP contribution in [0.1, 0.15) is 28.3 Å². The Labute approximate surface area is 145 Å². The summed E-state index contributed by atoms with van der Waals surface area (Å²) in [4.78, 5) is 23.9. The fraction of sp³-hybridized carbons (Fsp3) is 0.263. The number of hydrogen-bond donors (Lipinski definition) is 2. The second-order valence-corrected chi connectivity index (χ2v) is 5.89. The summed E-state index contributed by atoms with van der Waals surface area (Å²) in [6.07, 6.45) is -0.185. The number of aryl methyl sites for hydroxylation is 2. The Morgan fingerprint density at radius 2 is 1.80 bits per heavy atom.